The van der Waals surface area contributed by atoms with E-state index in [2.05, 4.69) is 20.6 Å². The zero-order chi connectivity index (χ0) is 17.6. The van der Waals surface area contributed by atoms with E-state index in [-0.39, 0.29) is 11.7 Å². The molecule has 3 rings (SSSR count). The molecule has 0 radical (unpaired) electrons. The van der Waals surface area contributed by atoms with Gasteiger partial charge < -0.3 is 15.4 Å². The minimum atomic E-state index is -0.337. The van der Waals surface area contributed by atoms with Crippen LogP contribution in [0.25, 0.3) is 10.9 Å². The van der Waals surface area contributed by atoms with Crippen molar-refractivity contribution in [3.05, 3.63) is 54.6 Å². The molecule has 0 saturated heterocycles. The molecule has 0 fully saturated rings. The SMILES string of the molecule is CC(=O)Nc1cccc(OCCNc2ncnc3ccc(F)cc23)c1. The number of nitrogens with one attached hydrogen (secondary N) is 2. The van der Waals surface area contributed by atoms with Crippen LogP contribution >= 0.6 is 0 Å². The lowest BCUT2D eigenvalue weighted by Crippen LogP contribution is -2.13. The van der Waals surface area contributed by atoms with E-state index >= 15 is 0 Å². The van der Waals surface area contributed by atoms with Crippen molar-refractivity contribution in [3.8, 4) is 5.75 Å². The molecular formula is C18H17FN4O2. The van der Waals surface area contributed by atoms with Crippen LogP contribution in [0.15, 0.2) is 48.8 Å². The molecule has 25 heavy (non-hydrogen) atoms. The van der Waals surface area contributed by atoms with Crippen LogP contribution in [-0.4, -0.2) is 29.0 Å². The van der Waals surface area contributed by atoms with E-state index < -0.39 is 0 Å². The molecule has 2 aromatic carbocycles. The van der Waals surface area contributed by atoms with Gasteiger partial charge in [0.1, 0.15) is 30.3 Å². The lowest BCUT2D eigenvalue weighted by molar-refractivity contribution is -0.114. The number of carbonyl (C=O) groups excluding carboxylic acids is 1. The highest BCUT2D eigenvalue weighted by molar-refractivity contribution is 5.89. The first-order valence-corrected chi connectivity index (χ1v) is 7.76. The summed E-state index contributed by atoms with van der Waals surface area (Å²) in [5, 5.41) is 6.44. The van der Waals surface area contributed by atoms with Crippen LogP contribution in [0, 0.1) is 5.82 Å². The average Bonchev–Trinajstić information content (AvgIpc) is 2.58. The molecule has 0 unspecified atom stereocenters. The van der Waals surface area contributed by atoms with Gasteiger partial charge in [-0.1, -0.05) is 6.07 Å². The number of ether oxygens (including phenoxy) is 1. The molecule has 3 aromatic rings. The molecule has 1 heterocycles. The van der Waals surface area contributed by atoms with Crippen LogP contribution in [0.1, 0.15) is 6.92 Å². The number of hydrogen-bond donors (Lipinski definition) is 2. The van der Waals surface area contributed by atoms with Gasteiger partial charge in [0.2, 0.25) is 5.91 Å². The maximum Gasteiger partial charge on any atom is 0.221 e. The fourth-order valence-electron chi connectivity index (χ4n) is 2.37. The highest BCUT2D eigenvalue weighted by atomic mass is 19.1. The van der Waals surface area contributed by atoms with Gasteiger partial charge in [0.15, 0.2) is 0 Å². The van der Waals surface area contributed by atoms with Crippen molar-refractivity contribution >= 4 is 28.3 Å². The zero-order valence-corrected chi connectivity index (χ0v) is 13.6. The highest BCUT2D eigenvalue weighted by Crippen LogP contribution is 2.20. The standard InChI is InChI=1S/C18H17FN4O2/c1-12(24)23-14-3-2-4-15(10-14)25-8-7-20-18-16-9-13(19)5-6-17(16)21-11-22-18/h2-6,9-11H,7-8H2,1H3,(H,23,24)(H,20,21,22). The number of amides is 1. The Labute approximate surface area is 144 Å². The second-order valence-corrected chi connectivity index (χ2v) is 5.37. The lowest BCUT2D eigenvalue weighted by atomic mass is 10.2. The Balaban J connectivity index is 1.59. The van der Waals surface area contributed by atoms with Crippen LogP contribution in [-0.2, 0) is 4.79 Å². The number of nitrogens with zero attached hydrogens (tertiary/aromatic N) is 2. The first kappa shape index (κ1) is 16.6. The second kappa shape index (κ2) is 7.57. The fraction of sp³-hybridized carbons (Fsp3) is 0.167. The first-order chi connectivity index (χ1) is 12.1. The van der Waals surface area contributed by atoms with Gasteiger partial charge in [-0.3, -0.25) is 4.79 Å². The Bertz CT molecular complexity index is 901. The van der Waals surface area contributed by atoms with E-state index in [0.29, 0.717) is 41.3 Å². The Morgan fingerprint density at radius 2 is 2.08 bits per heavy atom. The average molecular weight is 340 g/mol. The van der Waals surface area contributed by atoms with Crippen molar-refractivity contribution in [1.82, 2.24) is 9.97 Å². The van der Waals surface area contributed by atoms with Crippen LogP contribution in [0.3, 0.4) is 0 Å². The summed E-state index contributed by atoms with van der Waals surface area (Å²) >= 11 is 0. The monoisotopic (exact) mass is 340 g/mol. The third-order valence-corrected chi connectivity index (χ3v) is 3.42. The summed E-state index contributed by atoms with van der Waals surface area (Å²) in [4.78, 5) is 19.3. The van der Waals surface area contributed by atoms with E-state index in [1.54, 1.807) is 30.3 Å². The maximum atomic E-state index is 13.4. The smallest absolute Gasteiger partial charge is 0.221 e. The van der Waals surface area contributed by atoms with Crippen LogP contribution in [0.4, 0.5) is 15.9 Å². The normalized spacial score (nSPS) is 10.5. The minimum absolute atomic E-state index is 0.137. The van der Waals surface area contributed by atoms with Crippen molar-refractivity contribution in [3.63, 3.8) is 0 Å². The van der Waals surface area contributed by atoms with Gasteiger partial charge in [0.05, 0.1) is 12.1 Å². The molecule has 6 nitrogen and oxygen atoms in total. The predicted octanol–water partition coefficient (Wildman–Crippen LogP) is 3.22. The first-order valence-electron chi connectivity index (χ1n) is 7.76. The summed E-state index contributed by atoms with van der Waals surface area (Å²) in [6, 6.07) is 11.5. The Hall–Kier alpha value is -3.22. The molecule has 0 aliphatic rings. The van der Waals surface area contributed by atoms with Gasteiger partial charge in [-0.25, -0.2) is 14.4 Å². The molecule has 0 aliphatic carbocycles. The molecule has 2 N–H and O–H groups in total. The Kier molecular flexibility index (Phi) is 5.03. The number of aromatic nitrogens is 2. The number of benzene rings is 2. The molecule has 0 bridgehead atoms. The summed E-state index contributed by atoms with van der Waals surface area (Å²) in [7, 11) is 0. The number of anilines is 2. The van der Waals surface area contributed by atoms with E-state index in [4.69, 9.17) is 4.74 Å². The van der Waals surface area contributed by atoms with Crippen molar-refractivity contribution in [2.45, 2.75) is 6.92 Å². The Morgan fingerprint density at radius 1 is 1.20 bits per heavy atom. The maximum absolute atomic E-state index is 13.4. The van der Waals surface area contributed by atoms with Gasteiger partial charge in [-0.05, 0) is 30.3 Å². The van der Waals surface area contributed by atoms with E-state index in [1.807, 2.05) is 0 Å². The molecule has 0 spiro atoms. The van der Waals surface area contributed by atoms with Gasteiger partial charge in [-0.15, -0.1) is 0 Å². The molecular weight excluding hydrogens is 323 g/mol. The molecule has 1 aromatic heterocycles. The van der Waals surface area contributed by atoms with Crippen LogP contribution in [0.2, 0.25) is 0 Å². The summed E-state index contributed by atoms with van der Waals surface area (Å²) < 4.78 is 19.1. The quantitative estimate of drug-likeness (QED) is 0.674. The van der Waals surface area contributed by atoms with Crippen molar-refractivity contribution < 1.29 is 13.9 Å². The third kappa shape index (κ3) is 4.41. The number of rotatable bonds is 6. The zero-order valence-electron chi connectivity index (χ0n) is 13.6. The van der Waals surface area contributed by atoms with Crippen molar-refractivity contribution in [1.29, 1.82) is 0 Å². The molecule has 1 amide bonds. The molecule has 0 saturated carbocycles. The van der Waals surface area contributed by atoms with Gasteiger partial charge >= 0.3 is 0 Å². The second-order valence-electron chi connectivity index (χ2n) is 5.37. The van der Waals surface area contributed by atoms with Gasteiger partial charge in [0, 0.05) is 24.1 Å². The van der Waals surface area contributed by atoms with Gasteiger partial charge in [-0.2, -0.15) is 0 Å². The highest BCUT2D eigenvalue weighted by Gasteiger charge is 2.05. The summed E-state index contributed by atoms with van der Waals surface area (Å²) in [6.07, 6.45) is 1.43. The summed E-state index contributed by atoms with van der Waals surface area (Å²) in [5.41, 5.74) is 1.35. The number of halogens is 1. The minimum Gasteiger partial charge on any atom is -0.492 e. The van der Waals surface area contributed by atoms with E-state index in [1.165, 1.54) is 25.4 Å². The van der Waals surface area contributed by atoms with Crippen molar-refractivity contribution in [2.75, 3.05) is 23.8 Å². The molecule has 7 heteroatoms. The van der Waals surface area contributed by atoms with Crippen LogP contribution in [0.5, 0.6) is 5.75 Å². The topological polar surface area (TPSA) is 76.1 Å². The van der Waals surface area contributed by atoms with Crippen LogP contribution < -0.4 is 15.4 Å². The lowest BCUT2D eigenvalue weighted by Gasteiger charge is -2.10. The molecule has 128 valence electrons. The predicted molar refractivity (Wildman–Crippen MR) is 94.2 cm³/mol. The number of carbonyl (C=O) groups is 1. The van der Waals surface area contributed by atoms with Crippen molar-refractivity contribution in [2.24, 2.45) is 0 Å². The summed E-state index contributed by atoms with van der Waals surface area (Å²) in [6.45, 7) is 2.31. The van der Waals surface area contributed by atoms with E-state index in [9.17, 15) is 9.18 Å². The third-order valence-electron chi connectivity index (χ3n) is 3.42. The van der Waals surface area contributed by atoms with Gasteiger partial charge in [0.25, 0.3) is 0 Å². The number of hydrogen-bond acceptors (Lipinski definition) is 5. The fourth-order valence-corrected chi connectivity index (χ4v) is 2.37. The summed E-state index contributed by atoms with van der Waals surface area (Å²) in [5.74, 6) is 0.727. The molecule has 0 atom stereocenters. The number of fused-ring (bicyclic) bond motifs is 1. The van der Waals surface area contributed by atoms with E-state index in [0.717, 1.165) is 0 Å². The largest absolute Gasteiger partial charge is 0.492 e. The Morgan fingerprint density at radius 3 is 2.92 bits per heavy atom. The molecule has 0 aliphatic heterocycles.